The first-order valence-electron chi connectivity index (χ1n) is 7.42. The van der Waals surface area contributed by atoms with E-state index in [1.165, 1.54) is 0 Å². The zero-order chi connectivity index (χ0) is 17.1. The van der Waals surface area contributed by atoms with Crippen LogP contribution in [-0.2, 0) is 9.84 Å². The fourth-order valence-corrected chi connectivity index (χ4v) is 6.95. The van der Waals surface area contributed by atoms with Crippen molar-refractivity contribution < 1.29 is 8.42 Å². The number of para-hydroxylation sites is 1. The molecule has 3 nitrogen and oxygen atoms in total. The highest BCUT2D eigenvalue weighted by atomic mass is 32.2. The van der Waals surface area contributed by atoms with Gasteiger partial charge in [0.1, 0.15) is 8.07 Å². The molecular formula is C18H21NO2SSi. The SMILES string of the molecule is Cc1ccc(S(=O)(=O)C(=C=Nc2ccccc2)[Si](C)(C)C)cc1. The summed E-state index contributed by atoms with van der Waals surface area (Å²) in [6, 6.07) is 16.2. The Balaban J connectivity index is 2.60. The van der Waals surface area contributed by atoms with E-state index in [1.807, 2.05) is 69.0 Å². The van der Waals surface area contributed by atoms with Crippen molar-refractivity contribution in [1.29, 1.82) is 0 Å². The molecule has 2 rings (SSSR count). The van der Waals surface area contributed by atoms with Crippen molar-refractivity contribution in [3.63, 3.8) is 0 Å². The molecule has 0 aliphatic carbocycles. The Morgan fingerprint density at radius 2 is 1.52 bits per heavy atom. The predicted octanol–water partition coefficient (Wildman–Crippen LogP) is 4.53. The first-order chi connectivity index (χ1) is 10.7. The van der Waals surface area contributed by atoms with Crippen LogP contribution < -0.4 is 0 Å². The van der Waals surface area contributed by atoms with Gasteiger partial charge < -0.3 is 0 Å². The highest BCUT2D eigenvalue weighted by Gasteiger charge is 2.32. The fraction of sp³-hybridized carbons (Fsp3) is 0.222. The highest BCUT2D eigenvalue weighted by Crippen LogP contribution is 2.26. The Labute approximate surface area is 139 Å². The van der Waals surface area contributed by atoms with Gasteiger partial charge in [-0.3, -0.25) is 0 Å². The monoisotopic (exact) mass is 343 g/mol. The summed E-state index contributed by atoms with van der Waals surface area (Å²) in [7, 11) is -5.72. The van der Waals surface area contributed by atoms with Gasteiger partial charge in [-0.1, -0.05) is 55.5 Å². The third-order valence-electron chi connectivity index (χ3n) is 3.32. The molecule has 0 unspecified atom stereocenters. The number of hydrogen-bond acceptors (Lipinski definition) is 3. The Bertz CT molecular complexity index is 842. The van der Waals surface area contributed by atoms with Crippen LogP contribution in [0.5, 0.6) is 0 Å². The average molecular weight is 344 g/mol. The Kier molecular flexibility index (Phi) is 5.05. The molecule has 0 aliphatic heterocycles. The van der Waals surface area contributed by atoms with Gasteiger partial charge in [0.15, 0.2) is 0 Å². The Hall–Kier alpha value is -1.94. The molecule has 0 fully saturated rings. The number of nitrogens with zero attached hydrogens (tertiary/aromatic N) is 1. The number of hydrogen-bond donors (Lipinski definition) is 0. The number of aryl methyl sites for hydroxylation is 1. The van der Waals surface area contributed by atoms with Gasteiger partial charge in [-0.05, 0) is 37.1 Å². The molecule has 5 heteroatoms. The molecule has 23 heavy (non-hydrogen) atoms. The third kappa shape index (κ3) is 4.29. The molecule has 0 amide bonds. The van der Waals surface area contributed by atoms with Gasteiger partial charge in [-0.2, -0.15) is 0 Å². The molecule has 2 aromatic carbocycles. The maximum atomic E-state index is 13.0. The topological polar surface area (TPSA) is 46.5 Å². The number of rotatable bonds is 4. The van der Waals surface area contributed by atoms with Gasteiger partial charge in [0.25, 0.3) is 0 Å². The lowest BCUT2D eigenvalue weighted by molar-refractivity contribution is 0.604. The highest BCUT2D eigenvalue weighted by molar-refractivity contribution is 7.98. The van der Waals surface area contributed by atoms with E-state index in [2.05, 4.69) is 10.9 Å². The number of aliphatic imine (C=N–C) groups is 1. The van der Waals surface area contributed by atoms with Crippen molar-refractivity contribution in [3.05, 3.63) is 64.7 Å². The second-order valence-electron chi connectivity index (χ2n) is 6.45. The summed E-state index contributed by atoms with van der Waals surface area (Å²) in [5.74, 6) is 2.84. The van der Waals surface area contributed by atoms with Crippen LogP contribution in [0.3, 0.4) is 0 Å². The average Bonchev–Trinajstić information content (AvgIpc) is 2.47. The Morgan fingerprint density at radius 3 is 2.04 bits per heavy atom. The summed E-state index contributed by atoms with van der Waals surface area (Å²) in [5.41, 5.74) is 1.72. The minimum atomic E-state index is -3.57. The molecule has 0 atom stereocenters. The summed E-state index contributed by atoms with van der Waals surface area (Å²) in [4.78, 5) is 4.55. The van der Waals surface area contributed by atoms with Gasteiger partial charge in [0.2, 0.25) is 9.84 Å². The second kappa shape index (κ2) is 6.67. The first-order valence-corrected chi connectivity index (χ1v) is 12.4. The summed E-state index contributed by atoms with van der Waals surface area (Å²) in [5, 5.41) is 0. The van der Waals surface area contributed by atoms with Crippen molar-refractivity contribution in [2.75, 3.05) is 0 Å². The largest absolute Gasteiger partial charge is 0.219 e. The second-order valence-corrected chi connectivity index (χ2v) is 13.7. The minimum Gasteiger partial charge on any atom is -0.219 e. The molecule has 120 valence electrons. The van der Waals surface area contributed by atoms with E-state index in [1.54, 1.807) is 12.1 Å². The lowest BCUT2D eigenvalue weighted by atomic mass is 10.2. The summed E-state index contributed by atoms with van der Waals surface area (Å²) in [6.07, 6.45) is 0. The molecule has 0 N–H and O–H groups in total. The molecule has 2 aromatic rings. The first kappa shape index (κ1) is 17.4. The van der Waals surface area contributed by atoms with Crippen molar-refractivity contribution in [2.24, 2.45) is 4.99 Å². The summed E-state index contributed by atoms with van der Waals surface area (Å²) >= 11 is 0. The smallest absolute Gasteiger partial charge is 0.207 e. The maximum absolute atomic E-state index is 13.0. The van der Waals surface area contributed by atoms with Crippen LogP contribution in [0.1, 0.15) is 5.56 Å². The standard InChI is InChI=1S/C18H21NO2SSi/c1-15-10-12-17(13-11-15)22(20,21)18(23(2,3)4)14-19-16-8-6-5-7-9-16/h5-13H,1-4H3. The molecular weight excluding hydrogens is 322 g/mol. The van der Waals surface area contributed by atoms with Crippen LogP contribution >= 0.6 is 0 Å². The molecule has 0 saturated carbocycles. The molecule has 0 aromatic heterocycles. The van der Waals surface area contributed by atoms with Crippen LogP contribution in [0.15, 0.2) is 69.0 Å². The molecule has 0 aliphatic rings. The summed E-state index contributed by atoms with van der Waals surface area (Å²) in [6.45, 7) is 7.90. The van der Waals surface area contributed by atoms with Crippen molar-refractivity contribution in [1.82, 2.24) is 0 Å². The Morgan fingerprint density at radius 1 is 0.957 bits per heavy atom. The minimum absolute atomic E-state index is 0.302. The van der Waals surface area contributed by atoms with E-state index in [-0.39, 0.29) is 0 Å². The van der Waals surface area contributed by atoms with E-state index >= 15 is 0 Å². The fourth-order valence-electron chi connectivity index (χ4n) is 2.08. The molecule has 0 spiro atoms. The molecule has 0 radical (unpaired) electrons. The lowest BCUT2D eigenvalue weighted by Crippen LogP contribution is -2.30. The third-order valence-corrected chi connectivity index (χ3v) is 8.96. The normalized spacial score (nSPS) is 11.7. The maximum Gasteiger partial charge on any atom is 0.207 e. The van der Waals surface area contributed by atoms with Crippen molar-refractivity contribution >= 4 is 29.5 Å². The van der Waals surface area contributed by atoms with Crippen LogP contribution in [0.25, 0.3) is 0 Å². The van der Waals surface area contributed by atoms with Gasteiger partial charge in [-0.15, -0.1) is 0 Å². The zero-order valence-corrected chi connectivity index (χ0v) is 15.7. The van der Waals surface area contributed by atoms with Crippen LogP contribution in [0.4, 0.5) is 5.69 Å². The van der Waals surface area contributed by atoms with E-state index in [4.69, 9.17) is 0 Å². The van der Waals surface area contributed by atoms with Gasteiger partial charge in [0, 0.05) is 0 Å². The van der Waals surface area contributed by atoms with Crippen LogP contribution in [0.2, 0.25) is 19.6 Å². The zero-order valence-electron chi connectivity index (χ0n) is 13.9. The van der Waals surface area contributed by atoms with E-state index < -0.39 is 17.9 Å². The molecule has 0 heterocycles. The van der Waals surface area contributed by atoms with E-state index in [9.17, 15) is 8.42 Å². The van der Waals surface area contributed by atoms with Gasteiger partial charge >= 0.3 is 0 Å². The van der Waals surface area contributed by atoms with Crippen molar-refractivity contribution in [2.45, 2.75) is 31.5 Å². The summed E-state index contributed by atoms with van der Waals surface area (Å²) < 4.78 is 26.3. The van der Waals surface area contributed by atoms with Crippen LogP contribution in [-0.4, -0.2) is 22.4 Å². The lowest BCUT2D eigenvalue weighted by Gasteiger charge is -2.18. The number of sulfone groups is 1. The number of benzene rings is 2. The van der Waals surface area contributed by atoms with Gasteiger partial charge in [0.05, 0.1) is 15.1 Å². The van der Waals surface area contributed by atoms with Crippen LogP contribution in [0, 0.1) is 6.92 Å². The molecule has 0 bridgehead atoms. The predicted molar refractivity (Wildman–Crippen MR) is 98.8 cm³/mol. The van der Waals surface area contributed by atoms with Crippen molar-refractivity contribution in [3.8, 4) is 0 Å². The quantitative estimate of drug-likeness (QED) is 0.605. The van der Waals surface area contributed by atoms with E-state index in [0.717, 1.165) is 5.56 Å². The van der Waals surface area contributed by atoms with E-state index in [0.29, 0.717) is 15.1 Å². The molecule has 0 saturated heterocycles. The van der Waals surface area contributed by atoms with Gasteiger partial charge in [-0.25, -0.2) is 13.4 Å².